The van der Waals surface area contributed by atoms with Crippen LogP contribution in [0.5, 0.6) is 5.75 Å². The van der Waals surface area contributed by atoms with Gasteiger partial charge in [0.05, 0.1) is 18.4 Å². The van der Waals surface area contributed by atoms with E-state index in [0.29, 0.717) is 30.0 Å². The van der Waals surface area contributed by atoms with Gasteiger partial charge in [-0.15, -0.1) is 0 Å². The summed E-state index contributed by atoms with van der Waals surface area (Å²) in [4.78, 5) is 14.4. The molecular formula is C17H18N2O2. The molecule has 0 aromatic heterocycles. The largest absolute Gasteiger partial charge is 0.495 e. The van der Waals surface area contributed by atoms with Crippen molar-refractivity contribution in [2.24, 2.45) is 0 Å². The van der Waals surface area contributed by atoms with Crippen LogP contribution in [-0.4, -0.2) is 19.4 Å². The van der Waals surface area contributed by atoms with Crippen LogP contribution in [0.1, 0.15) is 22.3 Å². The normalized spacial score (nSPS) is 14.0. The molecule has 4 nitrogen and oxygen atoms in total. The maximum Gasteiger partial charge on any atom is 0.168 e. The summed E-state index contributed by atoms with van der Waals surface area (Å²) in [5, 5.41) is 0. The van der Waals surface area contributed by atoms with E-state index < -0.39 is 0 Å². The highest BCUT2D eigenvalue weighted by Gasteiger charge is 2.28. The molecule has 0 fully saturated rings. The Hall–Kier alpha value is -2.49. The van der Waals surface area contributed by atoms with E-state index in [2.05, 4.69) is 17.0 Å². The zero-order valence-electron chi connectivity index (χ0n) is 12.0. The molecule has 0 atom stereocenters. The van der Waals surface area contributed by atoms with Gasteiger partial charge in [-0.2, -0.15) is 0 Å². The molecule has 21 heavy (non-hydrogen) atoms. The molecule has 2 aromatic carbocycles. The molecule has 0 amide bonds. The molecule has 0 bridgehead atoms. The fourth-order valence-corrected chi connectivity index (χ4v) is 2.79. The second-order valence-electron chi connectivity index (χ2n) is 5.16. The maximum atomic E-state index is 12.2. The number of methoxy groups -OCH3 is 1. The van der Waals surface area contributed by atoms with Gasteiger partial charge >= 0.3 is 0 Å². The lowest BCUT2D eigenvalue weighted by molar-refractivity contribution is 0.0980. The summed E-state index contributed by atoms with van der Waals surface area (Å²) in [6.45, 7) is 1.42. The molecule has 2 N–H and O–H groups in total. The van der Waals surface area contributed by atoms with Crippen LogP contribution in [-0.2, 0) is 6.54 Å². The number of hydrogen-bond acceptors (Lipinski definition) is 4. The summed E-state index contributed by atoms with van der Waals surface area (Å²) in [5.74, 6) is 0.786. The van der Waals surface area contributed by atoms with Crippen molar-refractivity contribution < 1.29 is 9.53 Å². The number of anilines is 2. The van der Waals surface area contributed by atoms with Crippen LogP contribution in [0, 0.1) is 0 Å². The first-order valence-electron chi connectivity index (χ1n) is 6.99. The van der Waals surface area contributed by atoms with Crippen molar-refractivity contribution in [1.82, 2.24) is 0 Å². The van der Waals surface area contributed by atoms with Gasteiger partial charge in [0.25, 0.3) is 0 Å². The number of ketones is 1. The van der Waals surface area contributed by atoms with Crippen molar-refractivity contribution in [2.75, 3.05) is 24.3 Å². The van der Waals surface area contributed by atoms with Crippen LogP contribution in [0.2, 0.25) is 0 Å². The van der Waals surface area contributed by atoms with Crippen LogP contribution in [0.25, 0.3) is 0 Å². The van der Waals surface area contributed by atoms with Crippen LogP contribution in [0.4, 0.5) is 11.4 Å². The third-order valence-corrected chi connectivity index (χ3v) is 3.81. The summed E-state index contributed by atoms with van der Waals surface area (Å²) in [6.07, 6.45) is 0.483. The minimum absolute atomic E-state index is 0.0886. The van der Waals surface area contributed by atoms with Crippen LogP contribution in [0.15, 0.2) is 42.5 Å². The molecule has 2 aromatic rings. The average molecular weight is 282 g/mol. The second kappa shape index (κ2) is 5.48. The number of carbonyl (C=O) groups is 1. The number of carbonyl (C=O) groups excluding carboxylic acids is 1. The van der Waals surface area contributed by atoms with Gasteiger partial charge in [0.15, 0.2) is 5.78 Å². The molecule has 4 heteroatoms. The SMILES string of the molecule is COc1ccc(N)c2c1N(Cc1ccccc1)CCC2=O. The smallest absolute Gasteiger partial charge is 0.168 e. The number of nitrogens with two attached hydrogens (primary N) is 1. The van der Waals surface area contributed by atoms with Crippen molar-refractivity contribution >= 4 is 17.2 Å². The van der Waals surface area contributed by atoms with Crippen molar-refractivity contribution in [3.8, 4) is 5.75 Å². The van der Waals surface area contributed by atoms with E-state index in [4.69, 9.17) is 10.5 Å². The van der Waals surface area contributed by atoms with E-state index in [0.717, 1.165) is 12.2 Å². The van der Waals surface area contributed by atoms with Crippen LogP contribution >= 0.6 is 0 Å². The predicted molar refractivity (Wildman–Crippen MR) is 83.8 cm³/mol. The zero-order valence-corrected chi connectivity index (χ0v) is 12.0. The number of ether oxygens (including phenoxy) is 1. The summed E-state index contributed by atoms with van der Waals surface area (Å²) in [7, 11) is 1.62. The first-order chi connectivity index (χ1) is 10.2. The number of fused-ring (bicyclic) bond motifs is 1. The Morgan fingerprint density at radius 1 is 1.19 bits per heavy atom. The van der Waals surface area contributed by atoms with Crippen molar-refractivity contribution in [3.05, 3.63) is 53.6 Å². The van der Waals surface area contributed by atoms with Gasteiger partial charge in [-0.25, -0.2) is 0 Å². The minimum atomic E-state index is 0.0886. The second-order valence-corrected chi connectivity index (χ2v) is 5.16. The Morgan fingerprint density at radius 3 is 2.67 bits per heavy atom. The molecule has 0 unspecified atom stereocenters. The van der Waals surface area contributed by atoms with Crippen molar-refractivity contribution in [1.29, 1.82) is 0 Å². The minimum Gasteiger partial charge on any atom is -0.495 e. The topological polar surface area (TPSA) is 55.6 Å². The van der Waals surface area contributed by atoms with E-state index in [9.17, 15) is 4.79 Å². The molecule has 0 spiro atoms. The Morgan fingerprint density at radius 2 is 1.95 bits per heavy atom. The van der Waals surface area contributed by atoms with Gasteiger partial charge in [-0.05, 0) is 17.7 Å². The quantitative estimate of drug-likeness (QED) is 0.879. The fourth-order valence-electron chi connectivity index (χ4n) is 2.79. The Balaban J connectivity index is 2.05. The highest BCUT2D eigenvalue weighted by molar-refractivity contribution is 6.09. The number of Topliss-reactive ketones (excluding diaryl/α,β-unsaturated/α-hetero) is 1. The highest BCUT2D eigenvalue weighted by atomic mass is 16.5. The van der Waals surface area contributed by atoms with Gasteiger partial charge in [-0.1, -0.05) is 30.3 Å². The molecule has 1 heterocycles. The summed E-state index contributed by atoms with van der Waals surface area (Å²) in [6, 6.07) is 13.7. The third kappa shape index (κ3) is 2.44. The predicted octanol–water partition coefficient (Wildman–Crippen LogP) is 2.87. The number of nitrogen functional groups attached to an aromatic ring is 1. The van der Waals surface area contributed by atoms with Gasteiger partial charge in [0.1, 0.15) is 5.75 Å². The standard InChI is InChI=1S/C17H18N2O2/c1-21-15-8-7-13(18)16-14(20)9-10-19(17(15)16)11-12-5-3-2-4-6-12/h2-8H,9-11,18H2,1H3. The van der Waals surface area contributed by atoms with E-state index >= 15 is 0 Å². The lowest BCUT2D eigenvalue weighted by atomic mass is 9.97. The molecule has 3 rings (SSSR count). The Kier molecular flexibility index (Phi) is 3.52. The molecule has 0 aliphatic carbocycles. The molecule has 1 aliphatic heterocycles. The van der Waals surface area contributed by atoms with Gasteiger partial charge in [-0.3, -0.25) is 4.79 Å². The van der Waals surface area contributed by atoms with Crippen molar-refractivity contribution in [2.45, 2.75) is 13.0 Å². The summed E-state index contributed by atoms with van der Waals surface area (Å²) >= 11 is 0. The highest BCUT2D eigenvalue weighted by Crippen LogP contribution is 2.40. The first-order valence-corrected chi connectivity index (χ1v) is 6.99. The molecular weight excluding hydrogens is 264 g/mol. The lowest BCUT2D eigenvalue weighted by Gasteiger charge is -2.32. The van der Waals surface area contributed by atoms with Gasteiger partial charge in [0.2, 0.25) is 0 Å². The number of hydrogen-bond donors (Lipinski definition) is 1. The Labute approximate surface area is 124 Å². The van der Waals surface area contributed by atoms with Crippen LogP contribution in [0.3, 0.4) is 0 Å². The monoisotopic (exact) mass is 282 g/mol. The Bertz CT molecular complexity index is 668. The summed E-state index contributed by atoms with van der Waals surface area (Å²) < 4.78 is 5.43. The molecule has 1 aliphatic rings. The summed E-state index contributed by atoms with van der Waals surface area (Å²) in [5.41, 5.74) is 9.14. The molecule has 0 saturated carbocycles. The number of benzene rings is 2. The number of nitrogens with zero attached hydrogens (tertiary/aromatic N) is 1. The first kappa shape index (κ1) is 13.5. The van der Waals surface area contributed by atoms with E-state index in [-0.39, 0.29) is 5.78 Å². The van der Waals surface area contributed by atoms with Gasteiger partial charge in [0, 0.05) is 25.2 Å². The van der Waals surface area contributed by atoms with E-state index in [1.165, 1.54) is 5.56 Å². The average Bonchev–Trinajstić information content (AvgIpc) is 2.51. The van der Waals surface area contributed by atoms with E-state index in [1.807, 2.05) is 24.3 Å². The zero-order chi connectivity index (χ0) is 14.8. The van der Waals surface area contributed by atoms with Crippen LogP contribution < -0.4 is 15.4 Å². The third-order valence-electron chi connectivity index (χ3n) is 3.81. The molecule has 0 saturated heterocycles. The van der Waals surface area contributed by atoms with E-state index in [1.54, 1.807) is 13.2 Å². The molecule has 0 radical (unpaired) electrons. The fraction of sp³-hybridized carbons (Fsp3) is 0.235. The lowest BCUT2D eigenvalue weighted by Crippen LogP contribution is -2.32. The molecule has 108 valence electrons. The van der Waals surface area contributed by atoms with Gasteiger partial charge < -0.3 is 15.4 Å². The number of rotatable bonds is 3. The maximum absolute atomic E-state index is 12.2. The van der Waals surface area contributed by atoms with Crippen molar-refractivity contribution in [3.63, 3.8) is 0 Å².